The van der Waals surface area contributed by atoms with Gasteiger partial charge in [0, 0.05) is 10.0 Å². The monoisotopic (exact) mass is 267 g/mol. The molecule has 2 aliphatic rings. The molecule has 1 saturated heterocycles. The van der Waals surface area contributed by atoms with Crippen LogP contribution in [-0.2, 0) is 10.2 Å². The maximum absolute atomic E-state index is 6.39. The molecule has 0 spiro atoms. The van der Waals surface area contributed by atoms with Crippen LogP contribution >= 0.6 is 15.9 Å². The number of rotatable bonds is 2. The van der Waals surface area contributed by atoms with E-state index in [9.17, 15) is 0 Å². The summed E-state index contributed by atoms with van der Waals surface area (Å²) in [5.41, 5.74) is 7.75. The SMILES string of the molecule is NC1(C2(c3ccccc3Br)COC2)CC1. The lowest BCUT2D eigenvalue weighted by Gasteiger charge is -2.47. The van der Waals surface area contributed by atoms with E-state index in [1.807, 2.05) is 6.07 Å². The Morgan fingerprint density at radius 1 is 1.20 bits per heavy atom. The van der Waals surface area contributed by atoms with Gasteiger partial charge in [0.25, 0.3) is 0 Å². The molecule has 1 heterocycles. The highest BCUT2D eigenvalue weighted by Crippen LogP contribution is 2.54. The molecule has 0 bridgehead atoms. The maximum atomic E-state index is 6.39. The van der Waals surface area contributed by atoms with Crippen molar-refractivity contribution in [1.29, 1.82) is 0 Å². The summed E-state index contributed by atoms with van der Waals surface area (Å²) in [5, 5.41) is 0. The Bertz CT molecular complexity index is 396. The van der Waals surface area contributed by atoms with Crippen LogP contribution < -0.4 is 5.73 Å². The highest BCUT2D eigenvalue weighted by atomic mass is 79.9. The van der Waals surface area contributed by atoms with Crippen molar-refractivity contribution >= 4 is 15.9 Å². The lowest BCUT2D eigenvalue weighted by atomic mass is 9.71. The molecule has 3 rings (SSSR count). The van der Waals surface area contributed by atoms with Crippen molar-refractivity contribution in [3.8, 4) is 0 Å². The molecule has 2 N–H and O–H groups in total. The highest BCUT2D eigenvalue weighted by Gasteiger charge is 2.61. The van der Waals surface area contributed by atoms with Gasteiger partial charge in [-0.2, -0.15) is 0 Å². The molecule has 0 aromatic heterocycles. The fourth-order valence-electron chi connectivity index (χ4n) is 2.48. The van der Waals surface area contributed by atoms with Gasteiger partial charge in [0.2, 0.25) is 0 Å². The fourth-order valence-corrected chi connectivity index (χ4v) is 3.14. The van der Waals surface area contributed by atoms with E-state index < -0.39 is 0 Å². The molecular formula is C12H14BrNO. The summed E-state index contributed by atoms with van der Waals surface area (Å²) in [6, 6.07) is 8.36. The van der Waals surface area contributed by atoms with E-state index in [1.165, 1.54) is 5.56 Å². The van der Waals surface area contributed by atoms with Gasteiger partial charge in [0.05, 0.1) is 18.6 Å². The molecular weight excluding hydrogens is 254 g/mol. The molecule has 0 atom stereocenters. The van der Waals surface area contributed by atoms with Gasteiger partial charge < -0.3 is 10.5 Å². The molecule has 3 heteroatoms. The second-order valence-corrected chi connectivity index (χ2v) is 5.57. The number of ether oxygens (including phenoxy) is 1. The maximum Gasteiger partial charge on any atom is 0.0610 e. The molecule has 0 amide bonds. The Balaban J connectivity index is 2.08. The largest absolute Gasteiger partial charge is 0.379 e. The van der Waals surface area contributed by atoms with E-state index in [2.05, 4.69) is 34.1 Å². The minimum atomic E-state index is -0.0187. The molecule has 1 saturated carbocycles. The van der Waals surface area contributed by atoms with Crippen LogP contribution in [0.2, 0.25) is 0 Å². The van der Waals surface area contributed by atoms with Crippen molar-refractivity contribution in [3.63, 3.8) is 0 Å². The van der Waals surface area contributed by atoms with E-state index in [1.54, 1.807) is 0 Å². The second-order valence-electron chi connectivity index (χ2n) is 4.71. The topological polar surface area (TPSA) is 35.2 Å². The summed E-state index contributed by atoms with van der Waals surface area (Å²) in [4.78, 5) is 0. The van der Waals surface area contributed by atoms with Crippen LogP contribution in [-0.4, -0.2) is 18.8 Å². The average molecular weight is 268 g/mol. The van der Waals surface area contributed by atoms with Crippen molar-refractivity contribution in [2.45, 2.75) is 23.8 Å². The zero-order valence-electron chi connectivity index (χ0n) is 8.50. The second kappa shape index (κ2) is 3.06. The third kappa shape index (κ3) is 1.23. The smallest absolute Gasteiger partial charge is 0.0610 e. The lowest BCUT2D eigenvalue weighted by molar-refractivity contribution is -0.0789. The van der Waals surface area contributed by atoms with E-state index in [4.69, 9.17) is 10.5 Å². The van der Waals surface area contributed by atoms with Crippen LogP contribution in [0.15, 0.2) is 28.7 Å². The zero-order chi connectivity index (χ0) is 10.5. The van der Waals surface area contributed by atoms with E-state index in [0.717, 1.165) is 30.5 Å². The van der Waals surface area contributed by atoms with E-state index in [0.29, 0.717) is 0 Å². The third-order valence-corrected chi connectivity index (χ3v) is 4.52. The Morgan fingerprint density at radius 3 is 2.33 bits per heavy atom. The molecule has 1 aromatic rings. The predicted molar refractivity (Wildman–Crippen MR) is 62.8 cm³/mol. The number of nitrogens with two attached hydrogens (primary N) is 1. The fraction of sp³-hybridized carbons (Fsp3) is 0.500. The van der Waals surface area contributed by atoms with Crippen molar-refractivity contribution in [1.82, 2.24) is 0 Å². The van der Waals surface area contributed by atoms with Crippen LogP contribution in [0.25, 0.3) is 0 Å². The van der Waals surface area contributed by atoms with Gasteiger partial charge in [0.1, 0.15) is 0 Å². The lowest BCUT2D eigenvalue weighted by Crippen LogP contribution is -2.60. The molecule has 2 nitrogen and oxygen atoms in total. The van der Waals surface area contributed by atoms with Crippen LogP contribution in [0.1, 0.15) is 18.4 Å². The average Bonchev–Trinajstić information content (AvgIpc) is 2.86. The van der Waals surface area contributed by atoms with Gasteiger partial charge >= 0.3 is 0 Å². The molecule has 0 unspecified atom stereocenters. The van der Waals surface area contributed by atoms with Crippen molar-refractivity contribution in [2.24, 2.45) is 5.73 Å². The Kier molecular flexibility index (Phi) is 2.00. The van der Waals surface area contributed by atoms with Gasteiger partial charge in [-0.05, 0) is 24.5 Å². The minimum Gasteiger partial charge on any atom is -0.379 e. The van der Waals surface area contributed by atoms with E-state index in [-0.39, 0.29) is 11.0 Å². The summed E-state index contributed by atoms with van der Waals surface area (Å²) in [5.74, 6) is 0. The first-order chi connectivity index (χ1) is 7.18. The Morgan fingerprint density at radius 2 is 1.87 bits per heavy atom. The number of hydrogen-bond acceptors (Lipinski definition) is 2. The van der Waals surface area contributed by atoms with Crippen LogP contribution in [0.3, 0.4) is 0 Å². The van der Waals surface area contributed by atoms with Crippen molar-refractivity contribution in [3.05, 3.63) is 34.3 Å². The van der Waals surface area contributed by atoms with Gasteiger partial charge in [-0.25, -0.2) is 0 Å². The highest BCUT2D eigenvalue weighted by molar-refractivity contribution is 9.10. The van der Waals surface area contributed by atoms with Crippen molar-refractivity contribution < 1.29 is 4.74 Å². The first kappa shape index (κ1) is 9.82. The number of benzene rings is 1. The summed E-state index contributed by atoms with van der Waals surface area (Å²) in [6.07, 6.45) is 2.25. The number of hydrogen-bond donors (Lipinski definition) is 1. The predicted octanol–water partition coefficient (Wildman–Crippen LogP) is 2.21. The molecule has 80 valence electrons. The summed E-state index contributed by atoms with van der Waals surface area (Å²) >= 11 is 3.62. The molecule has 1 aliphatic heterocycles. The number of halogens is 1. The quantitative estimate of drug-likeness (QED) is 0.892. The third-order valence-electron chi connectivity index (χ3n) is 3.83. The van der Waals surface area contributed by atoms with Crippen molar-refractivity contribution in [2.75, 3.05) is 13.2 Å². The molecule has 15 heavy (non-hydrogen) atoms. The van der Waals surface area contributed by atoms with Crippen LogP contribution in [0, 0.1) is 0 Å². The summed E-state index contributed by atoms with van der Waals surface area (Å²) in [7, 11) is 0. The standard InChI is InChI=1S/C12H14BrNO/c13-10-4-2-1-3-9(10)11(7-15-8-11)12(14)5-6-12/h1-4H,5-8,14H2. The molecule has 1 aliphatic carbocycles. The van der Waals surface area contributed by atoms with Gasteiger partial charge in [0.15, 0.2) is 0 Å². The van der Waals surface area contributed by atoms with Gasteiger partial charge in [-0.1, -0.05) is 34.1 Å². The Hall–Kier alpha value is -0.380. The minimum absolute atomic E-state index is 0.0187. The molecule has 2 fully saturated rings. The van der Waals surface area contributed by atoms with E-state index >= 15 is 0 Å². The van der Waals surface area contributed by atoms with Gasteiger partial charge in [-0.15, -0.1) is 0 Å². The van der Waals surface area contributed by atoms with Gasteiger partial charge in [-0.3, -0.25) is 0 Å². The molecule has 0 radical (unpaired) electrons. The first-order valence-corrected chi connectivity index (χ1v) is 6.09. The normalized spacial score (nSPS) is 25.7. The summed E-state index contributed by atoms with van der Waals surface area (Å²) in [6.45, 7) is 1.54. The Labute approximate surface area is 97.9 Å². The van der Waals surface area contributed by atoms with Crippen LogP contribution in [0.4, 0.5) is 0 Å². The molecule has 1 aromatic carbocycles. The first-order valence-electron chi connectivity index (χ1n) is 5.30. The zero-order valence-corrected chi connectivity index (χ0v) is 10.1. The van der Waals surface area contributed by atoms with Crippen LogP contribution in [0.5, 0.6) is 0 Å². The summed E-state index contributed by atoms with van der Waals surface area (Å²) < 4.78 is 6.57.